The lowest BCUT2D eigenvalue weighted by Gasteiger charge is -2.11. The summed E-state index contributed by atoms with van der Waals surface area (Å²) in [5.41, 5.74) is 1.30. The third kappa shape index (κ3) is 4.70. The second kappa shape index (κ2) is 7.96. The van der Waals surface area contributed by atoms with E-state index in [9.17, 15) is 9.59 Å². The van der Waals surface area contributed by atoms with Gasteiger partial charge in [0.15, 0.2) is 0 Å². The minimum Gasteiger partial charge on any atom is -0.497 e. The lowest BCUT2D eigenvalue weighted by Crippen LogP contribution is -2.35. The van der Waals surface area contributed by atoms with E-state index in [1.165, 1.54) is 6.20 Å². The highest BCUT2D eigenvalue weighted by molar-refractivity contribution is 6.39. The quantitative estimate of drug-likeness (QED) is 0.811. The van der Waals surface area contributed by atoms with Crippen molar-refractivity contribution < 1.29 is 14.3 Å². The van der Waals surface area contributed by atoms with Crippen LogP contribution in [-0.2, 0) is 16.1 Å². The Hall–Kier alpha value is -3.09. The van der Waals surface area contributed by atoms with Crippen molar-refractivity contribution in [3.8, 4) is 5.75 Å². The molecular weight excluding hydrogens is 308 g/mol. The molecule has 0 saturated carbocycles. The monoisotopic (exact) mass is 328 g/mol. The molecule has 2 amide bonds. The lowest BCUT2D eigenvalue weighted by atomic mass is 10.2. The van der Waals surface area contributed by atoms with Gasteiger partial charge in [0, 0.05) is 20.6 Å². The van der Waals surface area contributed by atoms with Gasteiger partial charge in [-0.3, -0.25) is 9.59 Å². The van der Waals surface area contributed by atoms with Crippen LogP contribution in [0.3, 0.4) is 0 Å². The molecule has 1 aromatic carbocycles. The van der Waals surface area contributed by atoms with Crippen LogP contribution in [0.2, 0.25) is 0 Å². The Morgan fingerprint density at radius 1 is 1.17 bits per heavy atom. The first-order chi connectivity index (χ1) is 11.5. The number of methoxy groups -OCH3 is 1. The van der Waals surface area contributed by atoms with E-state index in [1.807, 2.05) is 37.2 Å². The molecule has 0 bridgehead atoms. The Bertz CT molecular complexity index is 714. The standard InChI is InChI=1S/C17H20N4O3/c1-21(2)15-8-7-13(11-18-15)20-17(23)16(22)19-10-12-5-4-6-14(9-12)24-3/h4-9,11H,10H2,1-3H3,(H,19,22)(H,20,23). The molecular formula is C17H20N4O3. The predicted molar refractivity (Wildman–Crippen MR) is 92.0 cm³/mol. The molecule has 0 aliphatic rings. The number of hydrogen-bond donors (Lipinski definition) is 2. The van der Waals surface area contributed by atoms with Crippen LogP contribution in [0.25, 0.3) is 0 Å². The van der Waals surface area contributed by atoms with Gasteiger partial charge in [-0.05, 0) is 29.8 Å². The summed E-state index contributed by atoms with van der Waals surface area (Å²) >= 11 is 0. The maximum atomic E-state index is 11.9. The van der Waals surface area contributed by atoms with Gasteiger partial charge in [0.25, 0.3) is 0 Å². The van der Waals surface area contributed by atoms with Gasteiger partial charge in [-0.25, -0.2) is 4.98 Å². The van der Waals surface area contributed by atoms with Crippen molar-refractivity contribution >= 4 is 23.3 Å². The van der Waals surface area contributed by atoms with E-state index in [4.69, 9.17) is 4.74 Å². The summed E-state index contributed by atoms with van der Waals surface area (Å²) in [6.45, 7) is 0.237. The smallest absolute Gasteiger partial charge is 0.313 e. The fourth-order valence-corrected chi connectivity index (χ4v) is 1.96. The Morgan fingerprint density at radius 2 is 1.96 bits per heavy atom. The molecule has 0 aliphatic carbocycles. The predicted octanol–water partition coefficient (Wildman–Crippen LogP) is 1.41. The summed E-state index contributed by atoms with van der Waals surface area (Å²) in [5.74, 6) is 0.000498. The van der Waals surface area contributed by atoms with Gasteiger partial charge in [0.1, 0.15) is 11.6 Å². The number of aromatic nitrogens is 1. The normalized spacial score (nSPS) is 9.96. The number of amides is 2. The van der Waals surface area contributed by atoms with Gasteiger partial charge in [0.2, 0.25) is 0 Å². The molecule has 0 atom stereocenters. The Balaban J connectivity index is 1.88. The molecule has 0 fully saturated rings. The van der Waals surface area contributed by atoms with Crippen LogP contribution in [-0.4, -0.2) is 38.0 Å². The Labute approximate surface area is 140 Å². The van der Waals surface area contributed by atoms with Crippen molar-refractivity contribution in [3.05, 3.63) is 48.2 Å². The van der Waals surface area contributed by atoms with Gasteiger partial charge < -0.3 is 20.3 Å². The highest BCUT2D eigenvalue weighted by Crippen LogP contribution is 2.13. The molecule has 24 heavy (non-hydrogen) atoms. The number of benzene rings is 1. The van der Waals surface area contributed by atoms with E-state index < -0.39 is 11.8 Å². The van der Waals surface area contributed by atoms with E-state index in [0.717, 1.165) is 11.4 Å². The van der Waals surface area contributed by atoms with Crippen molar-refractivity contribution in [2.24, 2.45) is 0 Å². The molecule has 7 heteroatoms. The van der Waals surface area contributed by atoms with Gasteiger partial charge in [-0.1, -0.05) is 12.1 Å². The van der Waals surface area contributed by atoms with Gasteiger partial charge >= 0.3 is 11.8 Å². The molecule has 2 aromatic rings. The average Bonchev–Trinajstić information content (AvgIpc) is 2.60. The number of ether oxygens (including phenoxy) is 1. The second-order valence-electron chi connectivity index (χ2n) is 5.29. The van der Waals surface area contributed by atoms with E-state index in [-0.39, 0.29) is 6.54 Å². The van der Waals surface area contributed by atoms with Crippen LogP contribution < -0.4 is 20.3 Å². The Morgan fingerprint density at radius 3 is 2.58 bits per heavy atom. The van der Waals surface area contributed by atoms with Gasteiger partial charge in [-0.2, -0.15) is 0 Å². The van der Waals surface area contributed by atoms with Gasteiger partial charge in [-0.15, -0.1) is 0 Å². The van der Waals surface area contributed by atoms with Gasteiger partial charge in [0.05, 0.1) is 19.0 Å². The van der Waals surface area contributed by atoms with Crippen LogP contribution in [0, 0.1) is 0 Å². The summed E-state index contributed by atoms with van der Waals surface area (Å²) in [6.07, 6.45) is 1.50. The van der Waals surface area contributed by atoms with E-state index in [1.54, 1.807) is 25.3 Å². The summed E-state index contributed by atoms with van der Waals surface area (Å²) in [7, 11) is 5.31. The van der Waals surface area contributed by atoms with E-state index >= 15 is 0 Å². The maximum Gasteiger partial charge on any atom is 0.313 e. The zero-order valence-electron chi connectivity index (χ0n) is 13.9. The van der Waals surface area contributed by atoms with Crippen LogP contribution in [0.4, 0.5) is 11.5 Å². The van der Waals surface area contributed by atoms with Crippen molar-refractivity contribution in [2.45, 2.75) is 6.54 Å². The molecule has 1 heterocycles. The molecule has 0 saturated heterocycles. The van der Waals surface area contributed by atoms with E-state index in [2.05, 4.69) is 15.6 Å². The number of carbonyl (C=O) groups excluding carboxylic acids is 2. The Kier molecular flexibility index (Phi) is 5.73. The first-order valence-electron chi connectivity index (χ1n) is 7.35. The minimum atomic E-state index is -0.739. The number of pyridine rings is 1. The highest BCUT2D eigenvalue weighted by atomic mass is 16.5. The molecule has 2 N–H and O–H groups in total. The van der Waals surface area contributed by atoms with Crippen molar-refractivity contribution in [3.63, 3.8) is 0 Å². The minimum absolute atomic E-state index is 0.237. The van der Waals surface area contributed by atoms with Crippen molar-refractivity contribution in [1.29, 1.82) is 0 Å². The molecule has 126 valence electrons. The van der Waals surface area contributed by atoms with Crippen molar-refractivity contribution in [2.75, 3.05) is 31.4 Å². The number of nitrogens with zero attached hydrogens (tertiary/aromatic N) is 2. The highest BCUT2D eigenvalue weighted by Gasteiger charge is 2.13. The lowest BCUT2D eigenvalue weighted by molar-refractivity contribution is -0.136. The molecule has 0 spiro atoms. The van der Waals surface area contributed by atoms with Crippen LogP contribution >= 0.6 is 0 Å². The van der Waals surface area contributed by atoms with Crippen molar-refractivity contribution in [1.82, 2.24) is 10.3 Å². The third-order valence-corrected chi connectivity index (χ3v) is 3.26. The zero-order chi connectivity index (χ0) is 17.5. The fourth-order valence-electron chi connectivity index (χ4n) is 1.96. The van der Waals surface area contributed by atoms with E-state index in [0.29, 0.717) is 11.4 Å². The summed E-state index contributed by atoms with van der Waals surface area (Å²) < 4.78 is 5.11. The maximum absolute atomic E-state index is 11.9. The molecule has 1 aromatic heterocycles. The summed E-state index contributed by atoms with van der Waals surface area (Å²) in [6, 6.07) is 10.7. The molecule has 0 unspecified atom stereocenters. The molecule has 0 radical (unpaired) electrons. The number of carbonyl (C=O) groups is 2. The first-order valence-corrected chi connectivity index (χ1v) is 7.35. The van der Waals surface area contributed by atoms with Crippen LogP contribution in [0.1, 0.15) is 5.56 Å². The largest absolute Gasteiger partial charge is 0.497 e. The number of hydrogen-bond acceptors (Lipinski definition) is 5. The number of rotatable bonds is 5. The number of anilines is 2. The van der Waals surface area contributed by atoms with Crippen LogP contribution in [0.15, 0.2) is 42.6 Å². The SMILES string of the molecule is COc1cccc(CNC(=O)C(=O)Nc2ccc(N(C)C)nc2)c1. The first kappa shape index (κ1) is 17.3. The topological polar surface area (TPSA) is 83.6 Å². The second-order valence-corrected chi connectivity index (χ2v) is 5.29. The molecule has 0 aliphatic heterocycles. The average molecular weight is 328 g/mol. The van der Waals surface area contributed by atoms with Crippen LogP contribution in [0.5, 0.6) is 5.75 Å². The molecule has 7 nitrogen and oxygen atoms in total. The molecule has 2 rings (SSSR count). The summed E-state index contributed by atoms with van der Waals surface area (Å²) in [4.78, 5) is 29.8. The fraction of sp³-hybridized carbons (Fsp3) is 0.235. The summed E-state index contributed by atoms with van der Waals surface area (Å²) in [5, 5.41) is 5.07. The third-order valence-electron chi connectivity index (χ3n) is 3.26. The number of nitrogens with one attached hydrogen (secondary N) is 2. The zero-order valence-corrected chi connectivity index (χ0v) is 13.9.